The minimum atomic E-state index is -1.54. The number of halogens is 2. The molecule has 0 fully saturated rings. The highest BCUT2D eigenvalue weighted by Crippen LogP contribution is 2.44. The molecule has 4 aromatic carbocycles. The Labute approximate surface area is 352 Å². The number of anilines is 2. The SMILES string of the molecule is CC(=O)C[C@@H](/C=N/NC(N)=O)NC(=O)CN1C(=O)[C@@H](NC(=O)c2cc(Cl)c(O)c(Cl)c2)CN(C(=O)COC(=O)OCC2c3ccccc3-c3ccccc32)c2ccccc21. The van der Waals surface area contributed by atoms with Gasteiger partial charge in [-0.3, -0.25) is 28.9 Å². The molecule has 0 unspecified atom stereocenters. The summed E-state index contributed by atoms with van der Waals surface area (Å²) in [4.78, 5) is 93.6. The minimum absolute atomic E-state index is 0.0618. The predicted octanol–water partition coefficient (Wildman–Crippen LogP) is 4.26. The Kier molecular flexibility index (Phi) is 13.3. The third kappa shape index (κ3) is 9.82. The van der Waals surface area contributed by atoms with Gasteiger partial charge in [0.2, 0.25) is 5.91 Å². The van der Waals surface area contributed by atoms with Crippen molar-refractivity contribution in [2.24, 2.45) is 10.8 Å². The molecule has 19 heteroatoms. The van der Waals surface area contributed by atoms with E-state index in [1.54, 1.807) is 12.1 Å². The molecule has 17 nitrogen and oxygen atoms in total. The molecule has 4 aromatic rings. The second-order valence-electron chi connectivity index (χ2n) is 13.6. The van der Waals surface area contributed by atoms with Crippen molar-refractivity contribution >= 4 is 82.4 Å². The molecule has 2 atom stereocenters. The Morgan fingerprint density at radius 3 is 2.13 bits per heavy atom. The van der Waals surface area contributed by atoms with Crippen LogP contribution in [0, 0.1) is 0 Å². The molecule has 1 heterocycles. The van der Waals surface area contributed by atoms with Crippen LogP contribution in [0.5, 0.6) is 5.75 Å². The molecule has 310 valence electrons. The summed E-state index contributed by atoms with van der Waals surface area (Å²) in [7, 11) is 0. The van der Waals surface area contributed by atoms with E-state index in [-0.39, 0.29) is 51.7 Å². The summed E-state index contributed by atoms with van der Waals surface area (Å²) in [6.07, 6.45) is -0.276. The molecule has 1 aliphatic carbocycles. The molecule has 0 spiro atoms. The van der Waals surface area contributed by atoms with Crippen molar-refractivity contribution in [1.82, 2.24) is 16.1 Å². The van der Waals surface area contributed by atoms with E-state index in [9.17, 15) is 38.7 Å². The van der Waals surface area contributed by atoms with Crippen molar-refractivity contribution in [3.63, 3.8) is 0 Å². The fourth-order valence-electron chi connectivity index (χ4n) is 6.90. The summed E-state index contributed by atoms with van der Waals surface area (Å²) in [6, 6.07) is 20.2. The lowest BCUT2D eigenvalue weighted by molar-refractivity contribution is -0.125. The van der Waals surface area contributed by atoms with E-state index in [1.807, 2.05) is 54.0 Å². The molecular formula is C41H37Cl2N7O10. The molecule has 6 rings (SSSR count). The number of rotatable bonds is 13. The normalized spacial score (nSPS) is 14.9. The summed E-state index contributed by atoms with van der Waals surface area (Å²) in [5.41, 5.74) is 11.0. The molecule has 60 heavy (non-hydrogen) atoms. The highest BCUT2D eigenvalue weighted by atomic mass is 35.5. The van der Waals surface area contributed by atoms with Gasteiger partial charge in [-0.15, -0.1) is 0 Å². The molecule has 1 aliphatic heterocycles. The third-order valence-corrected chi connectivity index (χ3v) is 10.1. The first kappa shape index (κ1) is 42.6. The van der Waals surface area contributed by atoms with Crippen LogP contribution in [0.2, 0.25) is 10.0 Å². The number of ketones is 1. The van der Waals surface area contributed by atoms with Gasteiger partial charge in [0.1, 0.15) is 25.0 Å². The van der Waals surface area contributed by atoms with Crippen molar-refractivity contribution in [3.05, 3.63) is 112 Å². The standard InChI is InChI=1S/C41H37Cl2N7O10/c1-22(51)14-24(17-45-48-40(44)57)46-35(52)19-50-34-13-7-6-12-33(34)49(18-32(39(50)56)47-38(55)23-15-30(42)37(54)31(43)16-23)36(53)21-60-41(58)59-20-29-27-10-4-2-8-25(27)26-9-3-5-11-28(26)29/h2-13,15-17,24,29,32,54H,14,18-21H2,1H3,(H,46,52)(H,47,55)(H3,44,48,57)/b45-17+/t24-,32-/m0/s1. The maximum Gasteiger partial charge on any atom is 0.508 e. The van der Waals surface area contributed by atoms with Crippen molar-refractivity contribution in [1.29, 1.82) is 0 Å². The topological polar surface area (TPSA) is 239 Å². The van der Waals surface area contributed by atoms with Crippen LogP contribution in [0.4, 0.5) is 21.0 Å². The molecule has 6 N–H and O–H groups in total. The average molecular weight is 859 g/mol. The molecule has 0 aromatic heterocycles. The van der Waals surface area contributed by atoms with Crippen molar-refractivity contribution in [2.75, 3.05) is 36.1 Å². The number of hydrogen-bond acceptors (Lipinski definition) is 11. The van der Waals surface area contributed by atoms with Gasteiger partial charge in [0.05, 0.1) is 34.0 Å². The highest BCUT2D eigenvalue weighted by Gasteiger charge is 2.38. The third-order valence-electron chi connectivity index (χ3n) is 9.51. The maximum absolute atomic E-state index is 14.4. The number of benzene rings is 4. The maximum atomic E-state index is 14.4. The van der Waals surface area contributed by atoms with Gasteiger partial charge in [-0.25, -0.2) is 15.0 Å². The van der Waals surface area contributed by atoms with Gasteiger partial charge in [-0.1, -0.05) is 83.9 Å². The number of Topliss-reactive ketones (excluding diaryl/α,β-unsaturated/α-hetero) is 1. The number of amides is 6. The molecule has 0 saturated heterocycles. The smallest absolute Gasteiger partial charge is 0.505 e. The highest BCUT2D eigenvalue weighted by molar-refractivity contribution is 6.37. The number of phenols is 1. The summed E-state index contributed by atoms with van der Waals surface area (Å²) >= 11 is 12.1. The number of carbonyl (C=O) groups is 7. The zero-order chi connectivity index (χ0) is 43.1. The summed E-state index contributed by atoms with van der Waals surface area (Å²) in [5.74, 6) is -4.42. The molecule has 0 radical (unpaired) electrons. The Morgan fingerprint density at radius 1 is 0.917 bits per heavy atom. The fraction of sp³-hybridized carbons (Fsp3) is 0.220. The van der Waals surface area contributed by atoms with Gasteiger partial charge < -0.3 is 35.8 Å². The second kappa shape index (κ2) is 18.7. The van der Waals surface area contributed by atoms with Crippen LogP contribution in [0.1, 0.15) is 40.7 Å². The first-order valence-corrected chi connectivity index (χ1v) is 19.0. The van der Waals surface area contributed by atoms with Crippen LogP contribution in [-0.4, -0.2) is 91.3 Å². The first-order valence-electron chi connectivity index (χ1n) is 18.3. The van der Waals surface area contributed by atoms with Gasteiger partial charge in [-0.2, -0.15) is 5.10 Å². The summed E-state index contributed by atoms with van der Waals surface area (Å²) < 4.78 is 10.8. The van der Waals surface area contributed by atoms with Crippen molar-refractivity contribution in [2.45, 2.75) is 31.3 Å². The number of urea groups is 1. The number of fused-ring (bicyclic) bond motifs is 4. The van der Waals surface area contributed by atoms with Crippen LogP contribution in [0.3, 0.4) is 0 Å². The second-order valence-corrected chi connectivity index (χ2v) is 14.5. The van der Waals surface area contributed by atoms with Gasteiger partial charge in [0.15, 0.2) is 12.4 Å². The number of primary amides is 1. The number of nitrogens with one attached hydrogen (secondary N) is 3. The number of hydrogen-bond donors (Lipinski definition) is 5. The lowest BCUT2D eigenvalue weighted by Gasteiger charge is -2.25. The minimum Gasteiger partial charge on any atom is -0.505 e. The molecule has 6 amide bonds. The van der Waals surface area contributed by atoms with Gasteiger partial charge >= 0.3 is 12.2 Å². The lowest BCUT2D eigenvalue weighted by atomic mass is 9.98. The summed E-state index contributed by atoms with van der Waals surface area (Å²) in [6.45, 7) is -0.838. The molecular weight excluding hydrogens is 821 g/mol. The van der Waals surface area contributed by atoms with Crippen molar-refractivity contribution in [3.8, 4) is 16.9 Å². The Bertz CT molecular complexity index is 2340. The predicted molar refractivity (Wildman–Crippen MR) is 220 cm³/mol. The van der Waals surface area contributed by atoms with Gasteiger partial charge in [0.25, 0.3) is 17.7 Å². The monoisotopic (exact) mass is 857 g/mol. The van der Waals surface area contributed by atoms with Crippen LogP contribution >= 0.6 is 23.2 Å². The van der Waals surface area contributed by atoms with E-state index >= 15 is 0 Å². The molecule has 0 bridgehead atoms. The molecule has 2 aliphatic rings. The summed E-state index contributed by atoms with van der Waals surface area (Å²) in [5, 5.41) is 18.3. The lowest BCUT2D eigenvalue weighted by Crippen LogP contribution is -2.55. The van der Waals surface area contributed by atoms with Crippen LogP contribution in [0.25, 0.3) is 11.1 Å². The number of para-hydroxylation sites is 2. The number of phenolic OH excluding ortho intramolecular Hbond substituents is 1. The van der Waals surface area contributed by atoms with Crippen LogP contribution in [-0.2, 0) is 28.7 Å². The zero-order valence-corrected chi connectivity index (χ0v) is 33.2. The number of aromatic hydroxyl groups is 1. The van der Waals surface area contributed by atoms with E-state index in [2.05, 4.69) is 15.7 Å². The van der Waals surface area contributed by atoms with E-state index < -0.39 is 73.3 Å². The zero-order valence-electron chi connectivity index (χ0n) is 31.7. The van der Waals surface area contributed by atoms with E-state index in [0.29, 0.717) is 0 Å². The molecule has 0 saturated carbocycles. The number of carbonyl (C=O) groups excluding carboxylic acids is 7. The first-order chi connectivity index (χ1) is 28.7. The Hall–Kier alpha value is -6.98. The number of ether oxygens (including phenoxy) is 2. The Balaban J connectivity index is 1.23. The quantitative estimate of drug-likeness (QED) is 0.0727. The van der Waals surface area contributed by atoms with E-state index in [0.717, 1.165) is 50.4 Å². The van der Waals surface area contributed by atoms with Crippen LogP contribution < -0.4 is 31.6 Å². The van der Waals surface area contributed by atoms with E-state index in [4.69, 9.17) is 38.4 Å². The number of nitrogens with two attached hydrogens (primary N) is 1. The van der Waals surface area contributed by atoms with Gasteiger partial charge in [0, 0.05) is 24.1 Å². The number of nitrogens with zero attached hydrogens (tertiary/aromatic N) is 3. The van der Waals surface area contributed by atoms with Crippen LogP contribution in [0.15, 0.2) is 90.0 Å². The number of hydrazone groups is 1. The largest absolute Gasteiger partial charge is 0.508 e. The van der Waals surface area contributed by atoms with Gasteiger partial charge in [-0.05, 0) is 53.4 Å². The van der Waals surface area contributed by atoms with Crippen molar-refractivity contribution < 1.29 is 48.1 Å². The fourth-order valence-corrected chi connectivity index (χ4v) is 7.39. The Morgan fingerprint density at radius 2 is 1.52 bits per heavy atom. The average Bonchev–Trinajstić information content (AvgIpc) is 3.48. The van der Waals surface area contributed by atoms with E-state index in [1.165, 1.54) is 19.1 Å².